The highest BCUT2D eigenvalue weighted by atomic mass is 19.1. The SMILES string of the molecule is Cc1cc(N2CCn3nccc3C2=O)ccc1F. The molecule has 1 aliphatic rings. The zero-order valence-corrected chi connectivity index (χ0v) is 9.93. The number of carbonyl (C=O) groups excluding carboxylic acids is 1. The van der Waals surface area contributed by atoms with Gasteiger partial charge in [0.2, 0.25) is 0 Å². The molecule has 1 aromatic heterocycles. The largest absolute Gasteiger partial charge is 0.305 e. The highest BCUT2D eigenvalue weighted by Gasteiger charge is 2.26. The Kier molecular flexibility index (Phi) is 2.40. The molecule has 4 nitrogen and oxygen atoms in total. The monoisotopic (exact) mass is 245 g/mol. The van der Waals surface area contributed by atoms with Crippen LogP contribution in [0.5, 0.6) is 0 Å². The molecule has 92 valence electrons. The number of anilines is 1. The van der Waals surface area contributed by atoms with Crippen molar-refractivity contribution in [3.05, 3.63) is 47.5 Å². The number of nitrogens with zero attached hydrogens (tertiary/aromatic N) is 3. The first kappa shape index (κ1) is 11.0. The van der Waals surface area contributed by atoms with Gasteiger partial charge in [0.05, 0.1) is 6.54 Å². The van der Waals surface area contributed by atoms with Gasteiger partial charge < -0.3 is 4.90 Å². The molecule has 0 saturated carbocycles. The quantitative estimate of drug-likeness (QED) is 0.770. The van der Waals surface area contributed by atoms with Gasteiger partial charge in [-0.05, 0) is 36.8 Å². The first-order valence-corrected chi connectivity index (χ1v) is 5.76. The van der Waals surface area contributed by atoms with Crippen molar-refractivity contribution < 1.29 is 9.18 Å². The van der Waals surface area contributed by atoms with Crippen LogP contribution in [0.4, 0.5) is 10.1 Å². The molecule has 0 unspecified atom stereocenters. The number of rotatable bonds is 1. The first-order valence-electron chi connectivity index (χ1n) is 5.76. The van der Waals surface area contributed by atoms with Crippen LogP contribution in [0.15, 0.2) is 30.5 Å². The van der Waals surface area contributed by atoms with Gasteiger partial charge in [0.1, 0.15) is 11.5 Å². The summed E-state index contributed by atoms with van der Waals surface area (Å²) >= 11 is 0. The Hall–Kier alpha value is -2.17. The summed E-state index contributed by atoms with van der Waals surface area (Å²) < 4.78 is 14.9. The van der Waals surface area contributed by atoms with Gasteiger partial charge in [-0.3, -0.25) is 9.48 Å². The second-order valence-corrected chi connectivity index (χ2v) is 4.33. The molecule has 0 aliphatic carbocycles. The maximum Gasteiger partial charge on any atom is 0.276 e. The van der Waals surface area contributed by atoms with Crippen LogP contribution < -0.4 is 4.90 Å². The van der Waals surface area contributed by atoms with Gasteiger partial charge in [0.25, 0.3) is 5.91 Å². The van der Waals surface area contributed by atoms with Crippen molar-refractivity contribution in [2.45, 2.75) is 13.5 Å². The molecule has 1 aliphatic heterocycles. The van der Waals surface area contributed by atoms with Crippen molar-refractivity contribution in [3.8, 4) is 0 Å². The lowest BCUT2D eigenvalue weighted by Crippen LogP contribution is -2.40. The van der Waals surface area contributed by atoms with Crippen LogP contribution in [0, 0.1) is 12.7 Å². The molecule has 0 atom stereocenters. The summed E-state index contributed by atoms with van der Waals surface area (Å²) in [5.74, 6) is -0.349. The molecule has 1 aromatic carbocycles. The second-order valence-electron chi connectivity index (χ2n) is 4.33. The molecule has 0 bridgehead atoms. The summed E-state index contributed by atoms with van der Waals surface area (Å²) in [5, 5.41) is 4.08. The Balaban J connectivity index is 1.99. The average molecular weight is 245 g/mol. The number of hydrogen-bond donors (Lipinski definition) is 0. The van der Waals surface area contributed by atoms with E-state index in [-0.39, 0.29) is 11.7 Å². The molecule has 2 heterocycles. The van der Waals surface area contributed by atoms with E-state index in [0.717, 1.165) is 5.69 Å². The highest BCUT2D eigenvalue weighted by molar-refractivity contribution is 6.05. The first-order chi connectivity index (χ1) is 8.66. The van der Waals surface area contributed by atoms with E-state index in [1.165, 1.54) is 6.07 Å². The molecule has 3 rings (SSSR count). The predicted octanol–water partition coefficient (Wildman–Crippen LogP) is 1.99. The molecular weight excluding hydrogens is 233 g/mol. The molecule has 0 radical (unpaired) electrons. The van der Waals surface area contributed by atoms with Gasteiger partial charge >= 0.3 is 0 Å². The summed E-state index contributed by atoms with van der Waals surface area (Å²) in [6.45, 7) is 2.90. The molecule has 0 spiro atoms. The smallest absolute Gasteiger partial charge is 0.276 e. The predicted molar refractivity (Wildman–Crippen MR) is 65.0 cm³/mol. The number of hydrogen-bond acceptors (Lipinski definition) is 2. The van der Waals surface area contributed by atoms with Crippen molar-refractivity contribution in [1.29, 1.82) is 0 Å². The zero-order valence-electron chi connectivity index (χ0n) is 9.93. The van der Waals surface area contributed by atoms with E-state index in [1.54, 1.807) is 40.9 Å². The van der Waals surface area contributed by atoms with E-state index in [4.69, 9.17) is 0 Å². The highest BCUT2D eigenvalue weighted by Crippen LogP contribution is 2.22. The lowest BCUT2D eigenvalue weighted by Gasteiger charge is -2.27. The van der Waals surface area contributed by atoms with Crippen LogP contribution in [0.3, 0.4) is 0 Å². The van der Waals surface area contributed by atoms with Crippen LogP contribution in [0.1, 0.15) is 16.1 Å². The minimum absolute atomic E-state index is 0.0928. The second kappa shape index (κ2) is 3.94. The lowest BCUT2D eigenvalue weighted by molar-refractivity contribution is 0.0962. The molecule has 1 amide bonds. The number of aromatic nitrogens is 2. The van der Waals surface area contributed by atoms with E-state index in [9.17, 15) is 9.18 Å². The summed E-state index contributed by atoms with van der Waals surface area (Å²) in [6, 6.07) is 6.42. The average Bonchev–Trinajstić information content (AvgIpc) is 2.83. The molecule has 18 heavy (non-hydrogen) atoms. The fourth-order valence-corrected chi connectivity index (χ4v) is 2.17. The van der Waals surface area contributed by atoms with Gasteiger partial charge in [-0.15, -0.1) is 0 Å². The van der Waals surface area contributed by atoms with Crippen molar-refractivity contribution in [2.75, 3.05) is 11.4 Å². The molecule has 0 fully saturated rings. The summed E-state index contributed by atoms with van der Waals surface area (Å²) in [4.78, 5) is 13.9. The Bertz CT molecular complexity index is 620. The van der Waals surface area contributed by atoms with E-state index >= 15 is 0 Å². The number of aryl methyl sites for hydroxylation is 1. The maximum absolute atomic E-state index is 13.2. The molecule has 2 aromatic rings. The van der Waals surface area contributed by atoms with Crippen LogP contribution in [-0.4, -0.2) is 22.2 Å². The minimum atomic E-state index is -0.256. The standard InChI is InChI=1S/C13H12FN3O/c1-9-8-10(2-3-11(9)14)16-6-7-17-12(13(16)18)4-5-15-17/h2-5,8H,6-7H2,1H3. The van der Waals surface area contributed by atoms with Crippen molar-refractivity contribution >= 4 is 11.6 Å². The number of carbonyl (C=O) groups is 1. The topological polar surface area (TPSA) is 38.1 Å². The van der Waals surface area contributed by atoms with Crippen LogP contribution in [0.25, 0.3) is 0 Å². The van der Waals surface area contributed by atoms with Gasteiger partial charge in [-0.25, -0.2) is 4.39 Å². The summed E-state index contributed by atoms with van der Waals surface area (Å²) in [7, 11) is 0. The third-order valence-corrected chi connectivity index (χ3v) is 3.17. The normalized spacial score (nSPS) is 14.8. The van der Waals surface area contributed by atoms with Gasteiger partial charge in [-0.1, -0.05) is 0 Å². The van der Waals surface area contributed by atoms with Crippen molar-refractivity contribution in [3.63, 3.8) is 0 Å². The third kappa shape index (κ3) is 1.59. The number of amides is 1. The Morgan fingerprint density at radius 1 is 1.28 bits per heavy atom. The van der Waals surface area contributed by atoms with E-state index in [1.807, 2.05) is 0 Å². The molecule has 5 heteroatoms. The summed E-state index contributed by atoms with van der Waals surface area (Å²) in [6.07, 6.45) is 1.62. The molecular formula is C13H12FN3O. The van der Waals surface area contributed by atoms with Gasteiger partial charge in [-0.2, -0.15) is 5.10 Å². The van der Waals surface area contributed by atoms with E-state index < -0.39 is 0 Å². The van der Waals surface area contributed by atoms with E-state index in [0.29, 0.717) is 24.3 Å². The van der Waals surface area contributed by atoms with Gasteiger partial charge in [0.15, 0.2) is 0 Å². The minimum Gasteiger partial charge on any atom is -0.305 e. The fourth-order valence-electron chi connectivity index (χ4n) is 2.17. The molecule has 0 N–H and O–H groups in total. The van der Waals surface area contributed by atoms with Gasteiger partial charge in [0, 0.05) is 18.4 Å². The Labute approximate surface area is 104 Å². The summed E-state index contributed by atoms with van der Waals surface area (Å²) in [5.41, 5.74) is 1.84. The number of benzene rings is 1. The maximum atomic E-state index is 13.2. The number of fused-ring (bicyclic) bond motifs is 1. The number of halogens is 1. The van der Waals surface area contributed by atoms with E-state index in [2.05, 4.69) is 5.10 Å². The van der Waals surface area contributed by atoms with Crippen LogP contribution in [0.2, 0.25) is 0 Å². The molecule has 0 saturated heterocycles. The zero-order chi connectivity index (χ0) is 12.7. The lowest BCUT2D eigenvalue weighted by atomic mass is 10.1. The third-order valence-electron chi connectivity index (χ3n) is 3.17. The Morgan fingerprint density at radius 2 is 2.11 bits per heavy atom. The van der Waals surface area contributed by atoms with Crippen molar-refractivity contribution in [2.24, 2.45) is 0 Å². The fraction of sp³-hybridized carbons (Fsp3) is 0.231. The van der Waals surface area contributed by atoms with Crippen LogP contribution in [-0.2, 0) is 6.54 Å². The van der Waals surface area contributed by atoms with Crippen LogP contribution >= 0.6 is 0 Å². The van der Waals surface area contributed by atoms with Crippen molar-refractivity contribution in [1.82, 2.24) is 9.78 Å². The Morgan fingerprint density at radius 3 is 2.89 bits per heavy atom.